The number of nitrogens with one attached hydrogen (secondary N) is 1. The standard InChI is InChI=1S/C9H13FN2O2S/c1-2-5-15(13,14)12-9-6-7(10)3-4-8(9)11/h3-4,6,12H,2,5,11H2,1H3. The summed E-state index contributed by atoms with van der Waals surface area (Å²) in [5, 5.41) is 0. The number of hydrogen-bond donors (Lipinski definition) is 2. The molecule has 0 radical (unpaired) electrons. The molecule has 0 saturated heterocycles. The van der Waals surface area contributed by atoms with E-state index in [4.69, 9.17) is 5.73 Å². The monoisotopic (exact) mass is 232 g/mol. The van der Waals surface area contributed by atoms with Crippen molar-refractivity contribution >= 4 is 21.4 Å². The Morgan fingerprint density at radius 3 is 2.73 bits per heavy atom. The van der Waals surface area contributed by atoms with Gasteiger partial charge in [-0.1, -0.05) is 6.92 Å². The summed E-state index contributed by atoms with van der Waals surface area (Å²) in [6, 6.07) is 3.55. The SMILES string of the molecule is CCCS(=O)(=O)Nc1cc(F)ccc1N. The van der Waals surface area contributed by atoms with Gasteiger partial charge >= 0.3 is 0 Å². The summed E-state index contributed by atoms with van der Waals surface area (Å²) in [6.07, 6.45) is 0.491. The first-order valence-corrected chi connectivity index (χ1v) is 6.15. The Bertz CT molecular complexity index is 445. The highest BCUT2D eigenvalue weighted by Gasteiger charge is 2.11. The number of nitrogen functional groups attached to an aromatic ring is 1. The molecule has 1 aromatic carbocycles. The molecule has 6 heteroatoms. The molecule has 0 bridgehead atoms. The third kappa shape index (κ3) is 3.39. The van der Waals surface area contributed by atoms with Gasteiger partial charge in [0.2, 0.25) is 10.0 Å². The molecule has 0 aliphatic heterocycles. The van der Waals surface area contributed by atoms with E-state index in [0.717, 1.165) is 6.07 Å². The molecule has 0 aliphatic rings. The number of rotatable bonds is 4. The van der Waals surface area contributed by atoms with Crippen LogP contribution in [0.2, 0.25) is 0 Å². The molecular weight excluding hydrogens is 219 g/mol. The van der Waals surface area contributed by atoms with Gasteiger partial charge in [0.15, 0.2) is 0 Å². The minimum atomic E-state index is -3.42. The van der Waals surface area contributed by atoms with Crippen molar-refractivity contribution in [1.82, 2.24) is 0 Å². The van der Waals surface area contributed by atoms with E-state index in [9.17, 15) is 12.8 Å². The van der Waals surface area contributed by atoms with Crippen molar-refractivity contribution in [1.29, 1.82) is 0 Å². The largest absolute Gasteiger partial charge is 0.397 e. The Kier molecular flexibility index (Phi) is 3.52. The summed E-state index contributed by atoms with van der Waals surface area (Å²) in [7, 11) is -3.42. The van der Waals surface area contributed by atoms with E-state index >= 15 is 0 Å². The second kappa shape index (κ2) is 4.48. The lowest BCUT2D eigenvalue weighted by atomic mass is 10.3. The minimum Gasteiger partial charge on any atom is -0.397 e. The topological polar surface area (TPSA) is 72.2 Å². The third-order valence-corrected chi connectivity index (χ3v) is 3.23. The fourth-order valence-electron chi connectivity index (χ4n) is 1.10. The van der Waals surface area contributed by atoms with Gasteiger partial charge in [-0.15, -0.1) is 0 Å². The van der Waals surface area contributed by atoms with Crippen LogP contribution in [-0.2, 0) is 10.0 Å². The van der Waals surface area contributed by atoms with Gasteiger partial charge in [-0.3, -0.25) is 4.72 Å². The summed E-state index contributed by atoms with van der Waals surface area (Å²) in [4.78, 5) is 0. The van der Waals surface area contributed by atoms with Crippen LogP contribution >= 0.6 is 0 Å². The first-order chi connectivity index (χ1) is 6.94. The average molecular weight is 232 g/mol. The Morgan fingerprint density at radius 2 is 2.13 bits per heavy atom. The van der Waals surface area contributed by atoms with E-state index in [1.54, 1.807) is 6.92 Å². The molecule has 0 fully saturated rings. The maximum absolute atomic E-state index is 12.8. The van der Waals surface area contributed by atoms with Crippen molar-refractivity contribution < 1.29 is 12.8 Å². The molecule has 1 aromatic rings. The number of anilines is 2. The van der Waals surface area contributed by atoms with Gasteiger partial charge in [0.25, 0.3) is 0 Å². The summed E-state index contributed by atoms with van der Waals surface area (Å²) in [6.45, 7) is 1.74. The molecule has 0 unspecified atom stereocenters. The number of halogens is 1. The molecule has 0 spiro atoms. The number of nitrogens with two attached hydrogens (primary N) is 1. The van der Waals surface area contributed by atoms with Crippen molar-refractivity contribution in [3.8, 4) is 0 Å². The smallest absolute Gasteiger partial charge is 0.232 e. The van der Waals surface area contributed by atoms with E-state index in [1.807, 2.05) is 0 Å². The first-order valence-electron chi connectivity index (χ1n) is 4.50. The van der Waals surface area contributed by atoms with Crippen LogP contribution in [-0.4, -0.2) is 14.2 Å². The van der Waals surface area contributed by atoms with Gasteiger partial charge in [0.05, 0.1) is 17.1 Å². The summed E-state index contributed by atoms with van der Waals surface area (Å²) < 4.78 is 37.8. The van der Waals surface area contributed by atoms with Gasteiger partial charge in [-0.05, 0) is 18.6 Å². The highest BCUT2D eigenvalue weighted by molar-refractivity contribution is 7.92. The lowest BCUT2D eigenvalue weighted by Crippen LogP contribution is -2.17. The van der Waals surface area contributed by atoms with Crippen LogP contribution < -0.4 is 10.5 Å². The Hall–Kier alpha value is -1.30. The van der Waals surface area contributed by atoms with Crippen molar-refractivity contribution in [2.75, 3.05) is 16.2 Å². The lowest BCUT2D eigenvalue weighted by Gasteiger charge is -2.09. The zero-order valence-electron chi connectivity index (χ0n) is 8.33. The zero-order valence-corrected chi connectivity index (χ0v) is 9.14. The van der Waals surface area contributed by atoms with Crippen LogP contribution in [0.5, 0.6) is 0 Å². The first kappa shape index (κ1) is 11.8. The van der Waals surface area contributed by atoms with Crippen molar-refractivity contribution in [3.63, 3.8) is 0 Å². The van der Waals surface area contributed by atoms with Crippen molar-refractivity contribution in [3.05, 3.63) is 24.0 Å². The molecule has 0 atom stereocenters. The molecule has 84 valence electrons. The van der Waals surface area contributed by atoms with E-state index in [2.05, 4.69) is 4.72 Å². The van der Waals surface area contributed by atoms with Gasteiger partial charge < -0.3 is 5.73 Å². The number of benzene rings is 1. The molecule has 0 saturated carbocycles. The molecule has 15 heavy (non-hydrogen) atoms. The lowest BCUT2D eigenvalue weighted by molar-refractivity contribution is 0.599. The number of hydrogen-bond acceptors (Lipinski definition) is 3. The number of sulfonamides is 1. The van der Waals surface area contributed by atoms with Crippen LogP contribution in [0.15, 0.2) is 18.2 Å². The predicted molar refractivity (Wildman–Crippen MR) is 58.5 cm³/mol. The summed E-state index contributed by atoms with van der Waals surface area (Å²) in [5.41, 5.74) is 5.79. The molecule has 0 heterocycles. The van der Waals surface area contributed by atoms with E-state index in [1.165, 1.54) is 12.1 Å². The summed E-state index contributed by atoms with van der Waals surface area (Å²) in [5.74, 6) is -0.540. The van der Waals surface area contributed by atoms with Crippen LogP contribution in [0.1, 0.15) is 13.3 Å². The van der Waals surface area contributed by atoms with Gasteiger partial charge in [0.1, 0.15) is 5.82 Å². The molecule has 1 rings (SSSR count). The Labute approximate surface area is 88.3 Å². The fourth-order valence-corrected chi connectivity index (χ4v) is 2.26. The normalized spacial score (nSPS) is 11.3. The molecular formula is C9H13FN2O2S. The Morgan fingerprint density at radius 1 is 1.47 bits per heavy atom. The predicted octanol–water partition coefficient (Wildman–Crippen LogP) is 1.56. The molecule has 0 aliphatic carbocycles. The zero-order chi connectivity index (χ0) is 11.5. The van der Waals surface area contributed by atoms with E-state index < -0.39 is 15.8 Å². The maximum atomic E-state index is 12.8. The quantitative estimate of drug-likeness (QED) is 0.774. The maximum Gasteiger partial charge on any atom is 0.232 e. The highest BCUT2D eigenvalue weighted by Crippen LogP contribution is 2.20. The Balaban J connectivity index is 2.94. The fraction of sp³-hybridized carbons (Fsp3) is 0.333. The van der Waals surface area contributed by atoms with Crippen molar-refractivity contribution in [2.24, 2.45) is 0 Å². The van der Waals surface area contributed by atoms with Gasteiger partial charge in [0, 0.05) is 6.07 Å². The highest BCUT2D eigenvalue weighted by atomic mass is 32.2. The second-order valence-electron chi connectivity index (χ2n) is 3.15. The second-order valence-corrected chi connectivity index (χ2v) is 4.99. The molecule has 3 N–H and O–H groups in total. The van der Waals surface area contributed by atoms with Gasteiger partial charge in [-0.2, -0.15) is 0 Å². The average Bonchev–Trinajstić information content (AvgIpc) is 2.10. The van der Waals surface area contributed by atoms with Crippen molar-refractivity contribution in [2.45, 2.75) is 13.3 Å². The van der Waals surface area contributed by atoms with Crippen LogP contribution in [0.3, 0.4) is 0 Å². The molecule has 0 aromatic heterocycles. The minimum absolute atomic E-state index is 0.0110. The van der Waals surface area contributed by atoms with Gasteiger partial charge in [-0.25, -0.2) is 12.8 Å². The van der Waals surface area contributed by atoms with Crippen LogP contribution in [0, 0.1) is 5.82 Å². The van der Waals surface area contributed by atoms with E-state index in [-0.39, 0.29) is 17.1 Å². The molecule has 4 nitrogen and oxygen atoms in total. The van der Waals surface area contributed by atoms with E-state index in [0.29, 0.717) is 6.42 Å². The van der Waals surface area contributed by atoms with Crippen LogP contribution in [0.25, 0.3) is 0 Å². The summed E-state index contributed by atoms with van der Waals surface area (Å²) >= 11 is 0. The van der Waals surface area contributed by atoms with Crippen LogP contribution in [0.4, 0.5) is 15.8 Å². The molecule has 0 amide bonds. The third-order valence-electron chi connectivity index (χ3n) is 1.75.